The second-order valence-electron chi connectivity index (χ2n) is 2.91. The van der Waals surface area contributed by atoms with E-state index in [9.17, 15) is 9.59 Å². The van der Waals surface area contributed by atoms with Crippen molar-refractivity contribution in [2.75, 3.05) is 5.75 Å². The largest absolute Gasteiger partial charge is 0.480 e. The molecule has 5 nitrogen and oxygen atoms in total. The number of hydrogen-bond donors (Lipinski definition) is 3. The molecule has 1 saturated heterocycles. The van der Waals surface area contributed by atoms with Crippen molar-refractivity contribution in [3.63, 3.8) is 0 Å². The molecular formula is C7H11NO4S. The third kappa shape index (κ3) is 2.43. The highest BCUT2D eigenvalue weighted by atomic mass is 32.2. The Labute approximate surface area is 79.5 Å². The maximum absolute atomic E-state index is 11.2. The van der Waals surface area contributed by atoms with E-state index in [-0.39, 0.29) is 10.9 Å². The number of thioether (sulfide) groups is 1. The van der Waals surface area contributed by atoms with Crippen LogP contribution in [0.1, 0.15) is 6.92 Å². The molecule has 1 rings (SSSR count). The van der Waals surface area contributed by atoms with Gasteiger partial charge in [0.25, 0.3) is 0 Å². The van der Waals surface area contributed by atoms with Crippen LogP contribution in [0.3, 0.4) is 0 Å². The molecule has 0 aromatic carbocycles. The van der Waals surface area contributed by atoms with E-state index in [1.54, 1.807) is 0 Å². The van der Waals surface area contributed by atoms with Crippen LogP contribution in [0.15, 0.2) is 0 Å². The maximum Gasteiger partial charge on any atom is 0.321 e. The molecule has 3 N–H and O–H groups in total. The van der Waals surface area contributed by atoms with Crippen molar-refractivity contribution in [2.45, 2.75) is 25.1 Å². The summed E-state index contributed by atoms with van der Waals surface area (Å²) in [5, 5.41) is 20.2. The minimum absolute atomic E-state index is 0.201. The summed E-state index contributed by atoms with van der Waals surface area (Å²) >= 11 is 0.949. The molecule has 0 amide bonds. The number of aliphatic hydroxyl groups excluding tert-OH is 1. The van der Waals surface area contributed by atoms with E-state index < -0.39 is 24.2 Å². The van der Waals surface area contributed by atoms with Crippen LogP contribution in [0.2, 0.25) is 0 Å². The van der Waals surface area contributed by atoms with Gasteiger partial charge >= 0.3 is 5.97 Å². The second kappa shape index (κ2) is 4.08. The number of hydrogen-bond acceptors (Lipinski definition) is 5. The fraction of sp³-hybridized carbons (Fsp3) is 0.714. The van der Waals surface area contributed by atoms with E-state index in [0.717, 1.165) is 11.8 Å². The standard InChI is InChI=1S/C7H11NO4S/c1-3(9)5-7(12)13-2-4(8-5)6(10)11/h3-5,8-9H,2H2,1H3,(H,10,11). The Morgan fingerprint density at radius 1 is 1.77 bits per heavy atom. The van der Waals surface area contributed by atoms with Gasteiger partial charge in [-0.25, -0.2) is 0 Å². The van der Waals surface area contributed by atoms with Crippen molar-refractivity contribution in [3.05, 3.63) is 0 Å². The van der Waals surface area contributed by atoms with Gasteiger partial charge in [-0.1, -0.05) is 11.8 Å². The Morgan fingerprint density at radius 3 is 2.85 bits per heavy atom. The van der Waals surface area contributed by atoms with E-state index in [4.69, 9.17) is 10.2 Å². The summed E-state index contributed by atoms with van der Waals surface area (Å²) in [4.78, 5) is 21.7. The Kier molecular flexibility index (Phi) is 3.29. The SMILES string of the molecule is CC(O)C1NC(C(=O)O)CSC1=O. The van der Waals surface area contributed by atoms with E-state index in [2.05, 4.69) is 5.32 Å². The first-order chi connectivity index (χ1) is 6.02. The number of carboxylic acids is 1. The van der Waals surface area contributed by atoms with Crippen molar-refractivity contribution in [1.82, 2.24) is 5.32 Å². The lowest BCUT2D eigenvalue weighted by atomic mass is 10.1. The van der Waals surface area contributed by atoms with Crippen molar-refractivity contribution in [2.24, 2.45) is 0 Å². The Hall–Kier alpha value is -0.590. The summed E-state index contributed by atoms with van der Waals surface area (Å²) in [6.07, 6.45) is -0.859. The molecule has 3 atom stereocenters. The molecule has 0 aromatic heterocycles. The number of carbonyl (C=O) groups is 2. The van der Waals surface area contributed by atoms with Crippen LogP contribution in [-0.4, -0.2) is 45.2 Å². The van der Waals surface area contributed by atoms with Gasteiger partial charge in [-0.2, -0.15) is 0 Å². The Bertz CT molecular complexity index is 231. The molecule has 1 heterocycles. The smallest absolute Gasteiger partial charge is 0.321 e. The predicted octanol–water partition coefficient (Wildman–Crippen LogP) is -0.948. The first kappa shape index (κ1) is 10.5. The minimum Gasteiger partial charge on any atom is -0.480 e. The summed E-state index contributed by atoms with van der Waals surface area (Å²) in [5.41, 5.74) is 0. The Morgan fingerprint density at radius 2 is 2.38 bits per heavy atom. The fourth-order valence-corrected chi connectivity index (χ4v) is 2.08. The first-order valence-corrected chi connectivity index (χ1v) is 4.84. The summed E-state index contributed by atoms with van der Waals surface area (Å²) in [5.74, 6) is -0.775. The molecule has 3 unspecified atom stereocenters. The second-order valence-corrected chi connectivity index (χ2v) is 3.93. The van der Waals surface area contributed by atoms with Gasteiger partial charge in [-0.3, -0.25) is 14.9 Å². The van der Waals surface area contributed by atoms with Crippen LogP contribution < -0.4 is 5.32 Å². The van der Waals surface area contributed by atoms with E-state index in [0.29, 0.717) is 0 Å². The van der Waals surface area contributed by atoms with Crippen LogP contribution >= 0.6 is 11.8 Å². The molecule has 0 aromatic rings. The number of aliphatic carboxylic acids is 1. The minimum atomic E-state index is -0.995. The predicted molar refractivity (Wildman–Crippen MR) is 47.5 cm³/mol. The molecule has 0 aliphatic carbocycles. The molecule has 6 heteroatoms. The normalized spacial score (nSPS) is 31.4. The van der Waals surface area contributed by atoms with Gasteiger partial charge < -0.3 is 10.2 Å². The zero-order valence-corrected chi connectivity index (χ0v) is 7.87. The molecule has 0 saturated carbocycles. The highest BCUT2D eigenvalue weighted by Gasteiger charge is 2.34. The van der Waals surface area contributed by atoms with E-state index in [1.807, 2.05) is 0 Å². The highest BCUT2D eigenvalue weighted by Crippen LogP contribution is 2.16. The number of aliphatic hydroxyl groups is 1. The lowest BCUT2D eigenvalue weighted by Crippen LogP contribution is -2.55. The Balaban J connectivity index is 2.63. The molecule has 1 aliphatic heterocycles. The van der Waals surface area contributed by atoms with Gasteiger partial charge in [-0.05, 0) is 6.92 Å². The fourth-order valence-electron chi connectivity index (χ4n) is 1.07. The summed E-state index contributed by atoms with van der Waals surface area (Å²) in [6.45, 7) is 1.46. The molecule has 0 radical (unpaired) electrons. The summed E-state index contributed by atoms with van der Waals surface area (Å²) < 4.78 is 0. The quantitative estimate of drug-likeness (QED) is 0.539. The van der Waals surface area contributed by atoms with Crippen LogP contribution in [0, 0.1) is 0 Å². The van der Waals surface area contributed by atoms with Gasteiger partial charge in [0.05, 0.1) is 6.10 Å². The van der Waals surface area contributed by atoms with Gasteiger partial charge in [0.15, 0.2) is 0 Å². The molecule has 1 aliphatic rings. The molecule has 74 valence electrons. The zero-order chi connectivity index (χ0) is 10.0. The average molecular weight is 205 g/mol. The lowest BCUT2D eigenvalue weighted by Gasteiger charge is -2.28. The monoisotopic (exact) mass is 205 g/mol. The summed E-state index contributed by atoms with van der Waals surface area (Å²) in [7, 11) is 0. The van der Waals surface area contributed by atoms with Crippen LogP contribution in [0.5, 0.6) is 0 Å². The molecule has 13 heavy (non-hydrogen) atoms. The first-order valence-electron chi connectivity index (χ1n) is 3.86. The molecule has 0 bridgehead atoms. The third-order valence-electron chi connectivity index (χ3n) is 1.81. The van der Waals surface area contributed by atoms with Gasteiger partial charge in [0.2, 0.25) is 5.12 Å². The average Bonchev–Trinajstić information content (AvgIpc) is 2.04. The van der Waals surface area contributed by atoms with E-state index in [1.165, 1.54) is 6.92 Å². The van der Waals surface area contributed by atoms with Gasteiger partial charge in [0, 0.05) is 5.75 Å². The lowest BCUT2D eigenvalue weighted by molar-refractivity contribution is -0.139. The summed E-state index contributed by atoms with van der Waals surface area (Å²) in [6, 6.07) is -1.51. The van der Waals surface area contributed by atoms with Crippen molar-refractivity contribution < 1.29 is 19.8 Å². The van der Waals surface area contributed by atoms with Crippen LogP contribution in [-0.2, 0) is 9.59 Å². The van der Waals surface area contributed by atoms with Crippen molar-refractivity contribution in [3.8, 4) is 0 Å². The number of carbonyl (C=O) groups excluding carboxylic acids is 1. The molecule has 0 spiro atoms. The van der Waals surface area contributed by atoms with E-state index >= 15 is 0 Å². The zero-order valence-electron chi connectivity index (χ0n) is 7.06. The molecule has 1 fully saturated rings. The van der Waals surface area contributed by atoms with Crippen LogP contribution in [0.4, 0.5) is 0 Å². The third-order valence-corrected chi connectivity index (χ3v) is 2.85. The number of rotatable bonds is 2. The molecular weight excluding hydrogens is 194 g/mol. The number of nitrogens with one attached hydrogen (secondary N) is 1. The topological polar surface area (TPSA) is 86.6 Å². The van der Waals surface area contributed by atoms with Crippen molar-refractivity contribution >= 4 is 22.8 Å². The number of carboxylic acid groups (broad SMARTS) is 1. The highest BCUT2D eigenvalue weighted by molar-refractivity contribution is 8.13. The van der Waals surface area contributed by atoms with Gasteiger partial charge in [0.1, 0.15) is 12.1 Å². The van der Waals surface area contributed by atoms with Gasteiger partial charge in [-0.15, -0.1) is 0 Å². The van der Waals surface area contributed by atoms with Crippen molar-refractivity contribution in [1.29, 1.82) is 0 Å². The van der Waals surface area contributed by atoms with Crippen LogP contribution in [0.25, 0.3) is 0 Å². The maximum atomic E-state index is 11.2.